The third-order valence-electron chi connectivity index (χ3n) is 6.93. The Bertz CT molecular complexity index is 1110. The summed E-state index contributed by atoms with van der Waals surface area (Å²) in [6.07, 6.45) is 0.390. The number of nitrogens with zero attached hydrogens (tertiary/aromatic N) is 2. The molecule has 1 N–H and O–H groups in total. The minimum Gasteiger partial charge on any atom is -0.496 e. The van der Waals surface area contributed by atoms with Crippen molar-refractivity contribution in [2.24, 2.45) is 5.92 Å². The third-order valence-corrected chi connectivity index (χ3v) is 7.46. The van der Waals surface area contributed by atoms with Gasteiger partial charge in [-0.1, -0.05) is 46.3 Å². The van der Waals surface area contributed by atoms with E-state index in [0.29, 0.717) is 31.9 Å². The maximum absolute atomic E-state index is 13.4. The first-order chi connectivity index (χ1) is 18.4. The molecular formula is C28H34BrN3O6. The smallest absolute Gasteiger partial charge is 0.306 e. The second-order valence-corrected chi connectivity index (χ2v) is 10.4. The summed E-state index contributed by atoms with van der Waals surface area (Å²) in [6, 6.07) is 14.7. The van der Waals surface area contributed by atoms with E-state index in [1.807, 2.05) is 42.5 Å². The van der Waals surface area contributed by atoms with Gasteiger partial charge in [-0.2, -0.15) is 0 Å². The van der Waals surface area contributed by atoms with Gasteiger partial charge in [0.2, 0.25) is 11.8 Å². The van der Waals surface area contributed by atoms with Gasteiger partial charge in [0.25, 0.3) is 0 Å². The second-order valence-electron chi connectivity index (χ2n) is 9.45. The summed E-state index contributed by atoms with van der Waals surface area (Å²) in [5.74, 6) is -0.808. The Morgan fingerprint density at radius 3 is 2.58 bits per heavy atom. The molecule has 10 heteroatoms. The minimum atomic E-state index is -0.560. The highest BCUT2D eigenvalue weighted by Gasteiger charge is 2.42. The molecule has 2 saturated heterocycles. The number of esters is 1. The lowest BCUT2D eigenvalue weighted by Gasteiger charge is -2.27. The number of morpholine rings is 1. The zero-order valence-corrected chi connectivity index (χ0v) is 23.2. The average molecular weight is 588 g/mol. The molecule has 0 bridgehead atoms. The summed E-state index contributed by atoms with van der Waals surface area (Å²) in [6.45, 7) is 4.34. The van der Waals surface area contributed by atoms with Gasteiger partial charge in [-0.3, -0.25) is 19.3 Å². The maximum atomic E-state index is 13.4. The summed E-state index contributed by atoms with van der Waals surface area (Å²) in [5, 5.41) is 2.94. The van der Waals surface area contributed by atoms with E-state index in [4.69, 9.17) is 14.2 Å². The molecule has 2 amide bonds. The van der Waals surface area contributed by atoms with Crippen LogP contribution in [0, 0.1) is 5.92 Å². The molecule has 0 spiro atoms. The van der Waals surface area contributed by atoms with Gasteiger partial charge in [-0.05, 0) is 30.2 Å². The van der Waals surface area contributed by atoms with Crippen LogP contribution in [0.2, 0.25) is 0 Å². The Kier molecular flexibility index (Phi) is 10.1. The zero-order chi connectivity index (χ0) is 26.9. The molecule has 2 aromatic carbocycles. The first kappa shape index (κ1) is 28.1. The Morgan fingerprint density at radius 1 is 1.11 bits per heavy atom. The van der Waals surface area contributed by atoms with Crippen LogP contribution in [0.3, 0.4) is 0 Å². The highest BCUT2D eigenvalue weighted by molar-refractivity contribution is 9.10. The van der Waals surface area contributed by atoms with Crippen molar-refractivity contribution < 1.29 is 28.6 Å². The number of likely N-dealkylation sites (tertiary alicyclic amines) is 1. The summed E-state index contributed by atoms with van der Waals surface area (Å²) in [7, 11) is 1.56. The Labute approximate surface area is 231 Å². The predicted octanol–water partition coefficient (Wildman–Crippen LogP) is 2.93. The van der Waals surface area contributed by atoms with E-state index in [-0.39, 0.29) is 37.4 Å². The van der Waals surface area contributed by atoms with Crippen molar-refractivity contribution in [1.29, 1.82) is 0 Å². The summed E-state index contributed by atoms with van der Waals surface area (Å²) in [4.78, 5) is 42.7. The topological polar surface area (TPSA) is 97.4 Å². The SMILES string of the molecule is COc1ccccc1COC(=O)C[C@H]1C[C@H](c2ccc(Br)cc2)N(CC(=O)NCCN2CCOCC2)C1=O. The average Bonchev–Trinajstić information content (AvgIpc) is 3.23. The van der Waals surface area contributed by atoms with Gasteiger partial charge in [0.15, 0.2) is 0 Å². The van der Waals surface area contributed by atoms with Gasteiger partial charge in [0, 0.05) is 36.2 Å². The number of nitrogens with one attached hydrogen (secondary N) is 1. The van der Waals surface area contributed by atoms with Crippen LogP contribution in [-0.4, -0.2) is 80.6 Å². The number of para-hydroxylation sites is 1. The van der Waals surface area contributed by atoms with Crippen LogP contribution >= 0.6 is 15.9 Å². The van der Waals surface area contributed by atoms with Crippen LogP contribution in [-0.2, 0) is 30.5 Å². The van der Waals surface area contributed by atoms with Gasteiger partial charge >= 0.3 is 5.97 Å². The Hall–Kier alpha value is -2.95. The Morgan fingerprint density at radius 2 is 1.84 bits per heavy atom. The molecule has 2 aromatic rings. The molecule has 0 radical (unpaired) electrons. The van der Waals surface area contributed by atoms with Gasteiger partial charge in [0.05, 0.1) is 38.7 Å². The number of carbonyl (C=O) groups is 3. The Balaban J connectivity index is 1.36. The summed E-state index contributed by atoms with van der Waals surface area (Å²) in [5.41, 5.74) is 1.68. The fourth-order valence-corrected chi connectivity index (χ4v) is 5.14. The number of hydrogen-bond donors (Lipinski definition) is 1. The van der Waals surface area contributed by atoms with Crippen molar-refractivity contribution in [3.8, 4) is 5.75 Å². The third kappa shape index (κ3) is 7.55. The van der Waals surface area contributed by atoms with Crippen molar-refractivity contribution in [2.75, 3.05) is 53.0 Å². The molecule has 4 rings (SSSR count). The van der Waals surface area contributed by atoms with E-state index in [1.165, 1.54) is 0 Å². The van der Waals surface area contributed by atoms with Gasteiger partial charge in [-0.25, -0.2) is 0 Å². The predicted molar refractivity (Wildman–Crippen MR) is 144 cm³/mol. The molecule has 0 saturated carbocycles. The van der Waals surface area contributed by atoms with Crippen molar-refractivity contribution in [3.05, 3.63) is 64.1 Å². The number of benzene rings is 2. The molecule has 0 aliphatic carbocycles. The van der Waals surface area contributed by atoms with Gasteiger partial charge < -0.3 is 24.4 Å². The molecule has 2 heterocycles. The van der Waals surface area contributed by atoms with E-state index >= 15 is 0 Å². The molecule has 204 valence electrons. The van der Waals surface area contributed by atoms with Crippen LogP contribution < -0.4 is 10.1 Å². The first-order valence-electron chi connectivity index (χ1n) is 12.8. The number of amides is 2. The number of hydrogen-bond acceptors (Lipinski definition) is 7. The van der Waals surface area contributed by atoms with E-state index in [2.05, 4.69) is 26.1 Å². The zero-order valence-electron chi connectivity index (χ0n) is 21.6. The molecule has 9 nitrogen and oxygen atoms in total. The quantitative estimate of drug-likeness (QED) is 0.404. The fourth-order valence-electron chi connectivity index (χ4n) is 4.87. The highest BCUT2D eigenvalue weighted by Crippen LogP contribution is 2.38. The van der Waals surface area contributed by atoms with Crippen molar-refractivity contribution >= 4 is 33.7 Å². The van der Waals surface area contributed by atoms with Crippen LogP contribution in [0.1, 0.15) is 30.0 Å². The largest absolute Gasteiger partial charge is 0.496 e. The second kappa shape index (κ2) is 13.7. The van der Waals surface area contributed by atoms with Crippen LogP contribution in [0.4, 0.5) is 0 Å². The molecular weight excluding hydrogens is 554 g/mol. The van der Waals surface area contributed by atoms with Crippen LogP contribution in [0.5, 0.6) is 5.75 Å². The standard InChI is InChI=1S/C28H34BrN3O6/c1-36-25-5-3-2-4-21(25)19-38-27(34)17-22-16-24(20-6-8-23(29)9-7-20)32(28(22)35)18-26(33)30-10-11-31-12-14-37-15-13-31/h2-9,22,24H,10-19H2,1H3,(H,30,33)/t22-,24-/m1/s1. The molecule has 2 aliphatic rings. The van der Waals surface area contributed by atoms with E-state index in [9.17, 15) is 14.4 Å². The lowest BCUT2D eigenvalue weighted by molar-refractivity contribution is -0.148. The summed E-state index contributed by atoms with van der Waals surface area (Å²) < 4.78 is 17.1. The number of ether oxygens (including phenoxy) is 3. The lowest BCUT2D eigenvalue weighted by atomic mass is 9.97. The number of rotatable bonds is 11. The normalized spacial score (nSPS) is 19.8. The van der Waals surface area contributed by atoms with E-state index < -0.39 is 11.9 Å². The monoisotopic (exact) mass is 587 g/mol. The minimum absolute atomic E-state index is 0.0455. The van der Waals surface area contributed by atoms with E-state index in [1.54, 1.807) is 18.1 Å². The number of carbonyl (C=O) groups excluding carboxylic acids is 3. The van der Waals surface area contributed by atoms with Gasteiger partial charge in [-0.15, -0.1) is 0 Å². The van der Waals surface area contributed by atoms with Crippen LogP contribution in [0.15, 0.2) is 53.0 Å². The van der Waals surface area contributed by atoms with Crippen molar-refractivity contribution in [3.63, 3.8) is 0 Å². The van der Waals surface area contributed by atoms with E-state index in [0.717, 1.165) is 35.2 Å². The lowest BCUT2D eigenvalue weighted by Crippen LogP contribution is -2.44. The van der Waals surface area contributed by atoms with Crippen molar-refractivity contribution in [1.82, 2.24) is 15.1 Å². The van der Waals surface area contributed by atoms with Crippen molar-refractivity contribution in [2.45, 2.75) is 25.5 Å². The molecule has 2 fully saturated rings. The molecule has 2 aliphatic heterocycles. The molecule has 38 heavy (non-hydrogen) atoms. The number of methoxy groups -OCH3 is 1. The van der Waals surface area contributed by atoms with Gasteiger partial charge in [0.1, 0.15) is 18.9 Å². The maximum Gasteiger partial charge on any atom is 0.306 e. The highest BCUT2D eigenvalue weighted by atomic mass is 79.9. The fraction of sp³-hybridized carbons (Fsp3) is 0.464. The number of halogens is 1. The molecule has 0 unspecified atom stereocenters. The molecule has 0 aromatic heterocycles. The molecule has 2 atom stereocenters. The first-order valence-corrected chi connectivity index (χ1v) is 13.6. The van der Waals surface area contributed by atoms with Crippen LogP contribution in [0.25, 0.3) is 0 Å². The summed E-state index contributed by atoms with van der Waals surface area (Å²) >= 11 is 3.45.